The summed E-state index contributed by atoms with van der Waals surface area (Å²) in [5, 5.41) is 0. The molecule has 1 aliphatic heterocycles. The maximum absolute atomic E-state index is 12.4. The average Bonchev–Trinajstić information content (AvgIpc) is 2.40. The van der Waals surface area contributed by atoms with Gasteiger partial charge in [0.1, 0.15) is 0 Å². The van der Waals surface area contributed by atoms with Gasteiger partial charge in [-0.1, -0.05) is 38.1 Å². The summed E-state index contributed by atoms with van der Waals surface area (Å²) in [5.41, 5.74) is 8.62. The summed E-state index contributed by atoms with van der Waals surface area (Å²) in [6, 6.07) is 8.58. The van der Waals surface area contributed by atoms with E-state index in [4.69, 9.17) is 5.73 Å². The topological polar surface area (TPSA) is 46.3 Å². The molecule has 1 aromatic carbocycles. The Hall–Kier alpha value is -1.35. The van der Waals surface area contributed by atoms with Gasteiger partial charge < -0.3 is 10.6 Å². The van der Waals surface area contributed by atoms with Gasteiger partial charge in [0.15, 0.2) is 0 Å². The maximum atomic E-state index is 12.4. The fourth-order valence-electron chi connectivity index (χ4n) is 3.18. The standard InChI is InChI=1S/C18H28N2O/c1-12(2)13-6-8-14(9-7-13)17-15(19)10-11-16(21)20(17)18(3,4)5/h6-9,12,15,17H,10-11,19H2,1-5H3. The van der Waals surface area contributed by atoms with Crippen molar-refractivity contribution in [1.82, 2.24) is 4.90 Å². The van der Waals surface area contributed by atoms with Gasteiger partial charge in [0.25, 0.3) is 0 Å². The van der Waals surface area contributed by atoms with Crippen LogP contribution in [0.1, 0.15) is 70.5 Å². The van der Waals surface area contributed by atoms with Crippen LogP contribution >= 0.6 is 0 Å². The molecule has 3 heteroatoms. The normalized spacial score (nSPS) is 23.8. The lowest BCUT2D eigenvalue weighted by Gasteiger charge is -2.47. The van der Waals surface area contributed by atoms with Gasteiger partial charge in [-0.2, -0.15) is 0 Å². The van der Waals surface area contributed by atoms with Crippen LogP contribution in [0.4, 0.5) is 0 Å². The van der Waals surface area contributed by atoms with E-state index in [-0.39, 0.29) is 23.5 Å². The molecular weight excluding hydrogens is 260 g/mol. The highest BCUT2D eigenvalue weighted by Crippen LogP contribution is 2.36. The number of piperidine rings is 1. The maximum Gasteiger partial charge on any atom is 0.223 e. The fourth-order valence-corrected chi connectivity index (χ4v) is 3.18. The molecule has 1 fully saturated rings. The zero-order chi connectivity index (χ0) is 15.8. The molecule has 116 valence electrons. The first-order valence-electron chi connectivity index (χ1n) is 7.89. The summed E-state index contributed by atoms with van der Waals surface area (Å²) in [4.78, 5) is 14.4. The zero-order valence-electron chi connectivity index (χ0n) is 13.9. The van der Waals surface area contributed by atoms with Crippen LogP contribution in [-0.2, 0) is 4.79 Å². The second kappa shape index (κ2) is 5.80. The highest BCUT2D eigenvalue weighted by Gasteiger charge is 2.40. The molecule has 0 aromatic heterocycles. The van der Waals surface area contributed by atoms with Crippen LogP contribution in [-0.4, -0.2) is 22.4 Å². The number of likely N-dealkylation sites (tertiary alicyclic amines) is 1. The van der Waals surface area contributed by atoms with Crippen molar-refractivity contribution in [2.45, 2.75) is 71.0 Å². The molecule has 1 amide bonds. The molecule has 0 spiro atoms. The quantitative estimate of drug-likeness (QED) is 0.903. The van der Waals surface area contributed by atoms with Gasteiger partial charge in [0.2, 0.25) is 5.91 Å². The molecule has 1 aromatic rings. The minimum absolute atomic E-state index is 0.00632. The third-order valence-electron chi connectivity index (χ3n) is 4.31. The first-order valence-corrected chi connectivity index (χ1v) is 7.89. The summed E-state index contributed by atoms with van der Waals surface area (Å²) < 4.78 is 0. The van der Waals surface area contributed by atoms with E-state index in [0.717, 1.165) is 12.0 Å². The Labute approximate surface area is 128 Å². The van der Waals surface area contributed by atoms with Crippen molar-refractivity contribution in [1.29, 1.82) is 0 Å². The number of nitrogens with zero attached hydrogens (tertiary/aromatic N) is 1. The van der Waals surface area contributed by atoms with Crippen LogP contribution < -0.4 is 5.73 Å². The largest absolute Gasteiger partial charge is 0.329 e. The number of rotatable bonds is 2. The van der Waals surface area contributed by atoms with Gasteiger partial charge in [-0.3, -0.25) is 4.79 Å². The SMILES string of the molecule is CC(C)c1ccc(C2C(N)CCC(=O)N2C(C)(C)C)cc1. The number of amides is 1. The van der Waals surface area contributed by atoms with Gasteiger partial charge in [-0.05, 0) is 44.2 Å². The number of carbonyl (C=O) groups is 1. The van der Waals surface area contributed by atoms with Gasteiger partial charge in [0.05, 0.1) is 6.04 Å². The highest BCUT2D eigenvalue weighted by molar-refractivity contribution is 5.78. The van der Waals surface area contributed by atoms with E-state index in [2.05, 4.69) is 58.9 Å². The Morgan fingerprint density at radius 1 is 1.19 bits per heavy atom. The Morgan fingerprint density at radius 2 is 1.76 bits per heavy atom. The molecule has 3 nitrogen and oxygen atoms in total. The predicted molar refractivity (Wildman–Crippen MR) is 87.1 cm³/mol. The Balaban J connectivity index is 2.39. The lowest BCUT2D eigenvalue weighted by Crippen LogP contribution is -2.56. The second-order valence-electron chi connectivity index (χ2n) is 7.40. The van der Waals surface area contributed by atoms with Crippen LogP contribution in [0.3, 0.4) is 0 Å². The van der Waals surface area contributed by atoms with Crippen LogP contribution in [0.15, 0.2) is 24.3 Å². The van der Waals surface area contributed by atoms with Gasteiger partial charge in [-0.25, -0.2) is 0 Å². The van der Waals surface area contributed by atoms with E-state index in [1.165, 1.54) is 5.56 Å². The second-order valence-corrected chi connectivity index (χ2v) is 7.40. The first-order chi connectivity index (χ1) is 9.71. The Bertz CT molecular complexity index is 499. The van der Waals surface area contributed by atoms with Crippen molar-refractivity contribution in [2.24, 2.45) is 5.73 Å². The number of hydrogen-bond acceptors (Lipinski definition) is 2. The van der Waals surface area contributed by atoms with E-state index in [9.17, 15) is 4.79 Å². The molecule has 21 heavy (non-hydrogen) atoms. The fraction of sp³-hybridized carbons (Fsp3) is 0.611. The molecule has 1 heterocycles. The molecule has 2 rings (SSSR count). The molecule has 0 bridgehead atoms. The van der Waals surface area contributed by atoms with E-state index >= 15 is 0 Å². The number of benzene rings is 1. The van der Waals surface area contributed by atoms with Crippen LogP contribution in [0.25, 0.3) is 0 Å². The minimum Gasteiger partial charge on any atom is -0.329 e. The molecule has 1 aliphatic rings. The van der Waals surface area contributed by atoms with Crippen LogP contribution in [0, 0.1) is 0 Å². The van der Waals surface area contributed by atoms with Gasteiger partial charge >= 0.3 is 0 Å². The molecule has 2 N–H and O–H groups in total. The summed E-state index contributed by atoms with van der Waals surface area (Å²) >= 11 is 0. The lowest BCUT2D eigenvalue weighted by atomic mass is 9.86. The van der Waals surface area contributed by atoms with E-state index in [1.807, 2.05) is 4.90 Å². The van der Waals surface area contributed by atoms with Crippen molar-refractivity contribution in [3.8, 4) is 0 Å². The summed E-state index contributed by atoms with van der Waals surface area (Å²) in [5.74, 6) is 0.724. The third kappa shape index (κ3) is 3.29. The van der Waals surface area contributed by atoms with Gasteiger partial charge in [0, 0.05) is 18.0 Å². The molecule has 0 saturated carbocycles. The van der Waals surface area contributed by atoms with Crippen molar-refractivity contribution < 1.29 is 4.79 Å². The van der Waals surface area contributed by atoms with Crippen molar-refractivity contribution >= 4 is 5.91 Å². The van der Waals surface area contributed by atoms with Crippen molar-refractivity contribution in [2.75, 3.05) is 0 Å². The third-order valence-corrected chi connectivity index (χ3v) is 4.31. The monoisotopic (exact) mass is 288 g/mol. The van der Waals surface area contributed by atoms with Crippen molar-refractivity contribution in [3.05, 3.63) is 35.4 Å². The molecule has 0 aliphatic carbocycles. The minimum atomic E-state index is -0.212. The van der Waals surface area contributed by atoms with Crippen molar-refractivity contribution in [3.63, 3.8) is 0 Å². The summed E-state index contributed by atoms with van der Waals surface area (Å²) in [6.07, 6.45) is 1.32. The number of nitrogens with two attached hydrogens (primary N) is 1. The first kappa shape index (κ1) is 16.0. The molecule has 2 atom stereocenters. The zero-order valence-corrected chi connectivity index (χ0v) is 13.9. The van der Waals surface area contributed by atoms with E-state index in [1.54, 1.807) is 0 Å². The Morgan fingerprint density at radius 3 is 2.24 bits per heavy atom. The van der Waals surface area contributed by atoms with Gasteiger partial charge in [-0.15, -0.1) is 0 Å². The molecular formula is C18H28N2O. The average molecular weight is 288 g/mol. The highest BCUT2D eigenvalue weighted by atomic mass is 16.2. The lowest BCUT2D eigenvalue weighted by molar-refractivity contribution is -0.144. The number of hydrogen-bond donors (Lipinski definition) is 1. The molecule has 0 radical (unpaired) electrons. The van der Waals surface area contributed by atoms with E-state index < -0.39 is 0 Å². The van der Waals surface area contributed by atoms with Crippen LogP contribution in [0.2, 0.25) is 0 Å². The number of carbonyl (C=O) groups excluding carboxylic acids is 1. The summed E-state index contributed by atoms with van der Waals surface area (Å²) in [6.45, 7) is 10.6. The smallest absolute Gasteiger partial charge is 0.223 e. The molecule has 1 saturated heterocycles. The Kier molecular flexibility index (Phi) is 4.43. The molecule has 2 unspecified atom stereocenters. The summed E-state index contributed by atoms with van der Waals surface area (Å²) in [7, 11) is 0. The van der Waals surface area contributed by atoms with E-state index in [0.29, 0.717) is 12.3 Å². The predicted octanol–water partition coefficient (Wildman–Crippen LogP) is 3.60. The van der Waals surface area contributed by atoms with Crippen LogP contribution in [0.5, 0.6) is 0 Å².